The second-order valence-corrected chi connectivity index (χ2v) is 2.96. The third kappa shape index (κ3) is 9.63. The Bertz CT molecular complexity index is 127. The highest BCUT2D eigenvalue weighted by Gasteiger charge is 2.26. The predicted octanol–water partition coefficient (Wildman–Crippen LogP) is 2.65. The molecule has 0 fully saturated rings. The lowest BCUT2D eigenvalue weighted by molar-refractivity contribution is -0.136. The maximum atomic E-state index is 11.7. The van der Waals surface area contributed by atoms with E-state index in [1.54, 1.807) is 6.92 Å². The van der Waals surface area contributed by atoms with Crippen LogP contribution in [-0.2, 0) is 4.84 Å². The first kappa shape index (κ1) is 12.7. The predicted molar refractivity (Wildman–Crippen MR) is 44.1 cm³/mol. The molecule has 0 bridgehead atoms. The molecule has 0 saturated carbocycles. The van der Waals surface area contributed by atoms with Crippen LogP contribution in [0.4, 0.5) is 13.2 Å². The number of nitrogens with one attached hydrogen (secondary N) is 1. The Morgan fingerprint density at radius 1 is 1.38 bits per heavy atom. The molecule has 0 aromatic rings. The summed E-state index contributed by atoms with van der Waals surface area (Å²) in [6.45, 7) is 4.13. The summed E-state index contributed by atoms with van der Waals surface area (Å²) in [5.41, 5.74) is 2.65. The second-order valence-electron chi connectivity index (χ2n) is 2.96. The molecular formula is C8H16F3NO. The second kappa shape index (κ2) is 6.21. The van der Waals surface area contributed by atoms with E-state index >= 15 is 0 Å². The molecule has 0 aromatic heterocycles. The number of rotatable bonds is 6. The van der Waals surface area contributed by atoms with Crippen LogP contribution in [0.15, 0.2) is 0 Å². The van der Waals surface area contributed by atoms with Crippen molar-refractivity contribution in [3.8, 4) is 0 Å². The third-order valence-corrected chi connectivity index (χ3v) is 1.53. The molecule has 1 unspecified atom stereocenters. The van der Waals surface area contributed by atoms with Gasteiger partial charge in [-0.15, -0.1) is 0 Å². The molecule has 0 amide bonds. The molecule has 80 valence electrons. The summed E-state index contributed by atoms with van der Waals surface area (Å²) < 4.78 is 35.1. The zero-order valence-electron chi connectivity index (χ0n) is 7.95. The first-order valence-electron chi connectivity index (χ1n) is 4.39. The van der Waals surface area contributed by atoms with E-state index in [0.29, 0.717) is 13.0 Å². The molecule has 0 aliphatic rings. The lowest BCUT2D eigenvalue weighted by Gasteiger charge is -2.13. The molecule has 5 heteroatoms. The van der Waals surface area contributed by atoms with Gasteiger partial charge < -0.3 is 4.84 Å². The van der Waals surface area contributed by atoms with E-state index in [9.17, 15) is 13.2 Å². The van der Waals surface area contributed by atoms with Gasteiger partial charge >= 0.3 is 6.18 Å². The molecule has 0 rings (SSSR count). The largest absolute Gasteiger partial charge is 0.389 e. The highest BCUT2D eigenvalue weighted by Crippen LogP contribution is 2.22. The minimum atomic E-state index is -4.04. The van der Waals surface area contributed by atoms with Crippen molar-refractivity contribution in [2.45, 2.75) is 45.3 Å². The molecule has 0 spiro atoms. The Labute approximate surface area is 76.4 Å². The van der Waals surface area contributed by atoms with Crippen LogP contribution in [0.1, 0.15) is 33.1 Å². The average Bonchev–Trinajstić information content (AvgIpc) is 1.98. The summed E-state index contributed by atoms with van der Waals surface area (Å²) in [6, 6.07) is -0.0256. The molecule has 1 N–H and O–H groups in total. The Kier molecular flexibility index (Phi) is 6.07. The van der Waals surface area contributed by atoms with Gasteiger partial charge in [-0.25, -0.2) is 0 Å². The summed E-state index contributed by atoms with van der Waals surface area (Å²) in [6.07, 6.45) is -4.14. The lowest BCUT2D eigenvalue weighted by atomic mass is 10.1. The molecule has 13 heavy (non-hydrogen) atoms. The monoisotopic (exact) mass is 199 g/mol. The zero-order chi connectivity index (χ0) is 10.3. The van der Waals surface area contributed by atoms with E-state index in [1.165, 1.54) is 0 Å². The van der Waals surface area contributed by atoms with Gasteiger partial charge in [-0.2, -0.15) is 18.7 Å². The van der Waals surface area contributed by atoms with E-state index in [1.807, 2.05) is 6.92 Å². The molecule has 0 aromatic carbocycles. The number of hydroxylamine groups is 1. The Morgan fingerprint density at radius 3 is 2.46 bits per heavy atom. The molecular weight excluding hydrogens is 183 g/mol. The zero-order valence-corrected chi connectivity index (χ0v) is 7.95. The quantitative estimate of drug-likeness (QED) is 0.664. The van der Waals surface area contributed by atoms with Crippen molar-refractivity contribution < 1.29 is 18.0 Å². The van der Waals surface area contributed by atoms with Crippen molar-refractivity contribution in [2.75, 3.05) is 6.61 Å². The van der Waals surface area contributed by atoms with Crippen molar-refractivity contribution in [3.63, 3.8) is 0 Å². The summed E-state index contributed by atoms with van der Waals surface area (Å²) in [5.74, 6) is 0. The van der Waals surface area contributed by atoms with Gasteiger partial charge in [-0.1, -0.05) is 0 Å². The van der Waals surface area contributed by atoms with Crippen LogP contribution >= 0.6 is 0 Å². The molecule has 0 aliphatic carbocycles. The highest BCUT2D eigenvalue weighted by molar-refractivity contribution is 4.58. The van der Waals surface area contributed by atoms with E-state index < -0.39 is 12.6 Å². The van der Waals surface area contributed by atoms with Crippen molar-refractivity contribution in [1.82, 2.24) is 5.48 Å². The SMILES string of the molecule is CCONC(C)CCCC(F)(F)F. The van der Waals surface area contributed by atoms with Crippen LogP contribution in [0.2, 0.25) is 0 Å². The molecule has 0 heterocycles. The summed E-state index contributed by atoms with van der Waals surface area (Å²) in [7, 11) is 0. The normalized spacial score (nSPS) is 14.5. The van der Waals surface area contributed by atoms with Crippen LogP contribution in [0.25, 0.3) is 0 Å². The molecule has 0 radical (unpaired) electrons. The van der Waals surface area contributed by atoms with Crippen LogP contribution in [0, 0.1) is 0 Å². The Hall–Kier alpha value is -0.290. The topological polar surface area (TPSA) is 21.3 Å². The Morgan fingerprint density at radius 2 is 2.00 bits per heavy atom. The fraction of sp³-hybridized carbons (Fsp3) is 1.00. The van der Waals surface area contributed by atoms with Crippen molar-refractivity contribution in [2.24, 2.45) is 0 Å². The van der Waals surface area contributed by atoms with Gasteiger partial charge in [0.25, 0.3) is 0 Å². The first-order valence-corrected chi connectivity index (χ1v) is 4.39. The first-order chi connectivity index (χ1) is 5.95. The van der Waals surface area contributed by atoms with Crippen LogP contribution in [-0.4, -0.2) is 18.8 Å². The molecule has 0 aliphatic heterocycles. The van der Waals surface area contributed by atoms with Gasteiger partial charge in [0.2, 0.25) is 0 Å². The maximum absolute atomic E-state index is 11.7. The number of alkyl halides is 3. The van der Waals surface area contributed by atoms with Crippen LogP contribution in [0.5, 0.6) is 0 Å². The minimum absolute atomic E-state index is 0.0256. The summed E-state index contributed by atoms with van der Waals surface area (Å²) >= 11 is 0. The van der Waals surface area contributed by atoms with Gasteiger partial charge in [-0.05, 0) is 26.7 Å². The van der Waals surface area contributed by atoms with E-state index in [-0.39, 0.29) is 12.5 Å². The maximum Gasteiger partial charge on any atom is 0.389 e. The van der Waals surface area contributed by atoms with Crippen molar-refractivity contribution >= 4 is 0 Å². The van der Waals surface area contributed by atoms with Gasteiger partial charge in [0.15, 0.2) is 0 Å². The van der Waals surface area contributed by atoms with E-state index in [0.717, 1.165) is 0 Å². The number of halogens is 3. The van der Waals surface area contributed by atoms with Gasteiger partial charge in [0.05, 0.1) is 6.61 Å². The Balaban J connectivity index is 3.31. The van der Waals surface area contributed by atoms with E-state index in [2.05, 4.69) is 5.48 Å². The standard InChI is InChI=1S/C8H16F3NO/c1-3-13-12-7(2)5-4-6-8(9,10)11/h7,12H,3-6H2,1-2H3. The molecule has 1 atom stereocenters. The average molecular weight is 199 g/mol. The van der Waals surface area contributed by atoms with Gasteiger partial charge in [0, 0.05) is 12.5 Å². The van der Waals surface area contributed by atoms with Crippen LogP contribution in [0.3, 0.4) is 0 Å². The van der Waals surface area contributed by atoms with Crippen molar-refractivity contribution in [1.29, 1.82) is 0 Å². The highest BCUT2D eigenvalue weighted by atomic mass is 19.4. The fourth-order valence-corrected chi connectivity index (χ4v) is 0.893. The number of hydrogen-bond donors (Lipinski definition) is 1. The fourth-order valence-electron chi connectivity index (χ4n) is 0.893. The lowest BCUT2D eigenvalue weighted by Crippen LogP contribution is -2.26. The number of hydrogen-bond acceptors (Lipinski definition) is 2. The third-order valence-electron chi connectivity index (χ3n) is 1.53. The van der Waals surface area contributed by atoms with Gasteiger partial charge in [0.1, 0.15) is 0 Å². The van der Waals surface area contributed by atoms with Crippen molar-refractivity contribution in [3.05, 3.63) is 0 Å². The van der Waals surface area contributed by atoms with E-state index in [4.69, 9.17) is 4.84 Å². The molecule has 0 saturated heterocycles. The smallest absolute Gasteiger partial charge is 0.302 e. The minimum Gasteiger partial charge on any atom is -0.302 e. The summed E-state index contributed by atoms with van der Waals surface area (Å²) in [5, 5.41) is 0. The molecule has 2 nitrogen and oxygen atoms in total. The van der Waals surface area contributed by atoms with Crippen LogP contribution < -0.4 is 5.48 Å². The van der Waals surface area contributed by atoms with Gasteiger partial charge in [-0.3, -0.25) is 0 Å². The summed E-state index contributed by atoms with van der Waals surface area (Å²) in [4.78, 5) is 4.85.